The van der Waals surface area contributed by atoms with Crippen molar-refractivity contribution < 1.29 is 19.1 Å². The van der Waals surface area contributed by atoms with E-state index in [9.17, 15) is 9.36 Å². The van der Waals surface area contributed by atoms with Gasteiger partial charge in [-0.05, 0) is 24.1 Å². The molecule has 124 valence electrons. The summed E-state index contributed by atoms with van der Waals surface area (Å²) in [5.74, 6) is 0. The van der Waals surface area contributed by atoms with Crippen molar-refractivity contribution in [2.75, 3.05) is 11.9 Å². The Bertz CT molecular complexity index is 499. The summed E-state index contributed by atoms with van der Waals surface area (Å²) in [6, 6.07) is 6.19. The highest BCUT2D eigenvalue weighted by atomic mass is 31.2. The fraction of sp³-hybridized carbons (Fsp3) is 0.533. The van der Waals surface area contributed by atoms with Gasteiger partial charge in [0, 0.05) is 12.2 Å². The van der Waals surface area contributed by atoms with Gasteiger partial charge in [0.2, 0.25) is 0 Å². The Morgan fingerprint density at radius 3 is 2.32 bits per heavy atom. The third kappa shape index (κ3) is 8.82. The van der Waals surface area contributed by atoms with E-state index in [1.54, 1.807) is 24.3 Å². The summed E-state index contributed by atoms with van der Waals surface area (Å²) < 4.78 is 10.9. The van der Waals surface area contributed by atoms with Gasteiger partial charge in [0.1, 0.15) is 0 Å². The van der Waals surface area contributed by atoms with Crippen molar-refractivity contribution in [3.05, 3.63) is 29.8 Å². The highest BCUT2D eigenvalue weighted by molar-refractivity contribution is 7.50. The van der Waals surface area contributed by atoms with Gasteiger partial charge in [0.15, 0.2) is 0 Å². The molecule has 0 aliphatic rings. The molecule has 0 aliphatic carbocycles. The Morgan fingerprint density at radius 1 is 1.09 bits per heavy atom. The van der Waals surface area contributed by atoms with E-state index in [1.165, 1.54) is 19.3 Å². The summed E-state index contributed by atoms with van der Waals surface area (Å²) in [7, 11) is -4.06. The third-order valence-corrected chi connectivity index (χ3v) is 3.94. The van der Waals surface area contributed by atoms with Crippen molar-refractivity contribution in [3.8, 4) is 0 Å². The lowest BCUT2D eigenvalue weighted by Gasteiger charge is -2.09. The molecular weight excluding hydrogens is 303 g/mol. The maximum absolute atomic E-state index is 11.7. The summed E-state index contributed by atoms with van der Waals surface area (Å²) >= 11 is 0. The average molecular weight is 328 g/mol. The van der Waals surface area contributed by atoms with Crippen molar-refractivity contribution >= 4 is 19.3 Å². The van der Waals surface area contributed by atoms with Gasteiger partial charge in [-0.3, -0.25) is 4.57 Å². The number of carbonyl (C=O) groups excluding carboxylic acids is 1. The fourth-order valence-corrected chi connectivity index (χ4v) is 2.72. The predicted molar refractivity (Wildman–Crippen MR) is 88.0 cm³/mol. The number of amides is 2. The minimum Gasteiger partial charge on any atom is -0.338 e. The SMILES string of the molecule is CCCCCCCNC(=O)Nc1ccc(CP(=O)(O)O)cc1. The Labute approximate surface area is 131 Å². The minimum absolute atomic E-state index is 0.266. The Hall–Kier alpha value is -1.36. The van der Waals surface area contributed by atoms with Crippen LogP contribution in [0.3, 0.4) is 0 Å². The van der Waals surface area contributed by atoms with Crippen molar-refractivity contribution in [2.24, 2.45) is 0 Å². The molecule has 1 aromatic carbocycles. The first-order chi connectivity index (χ1) is 10.4. The number of carbonyl (C=O) groups is 1. The molecule has 0 aliphatic heterocycles. The van der Waals surface area contributed by atoms with Crippen LogP contribution >= 0.6 is 7.60 Å². The summed E-state index contributed by atoms with van der Waals surface area (Å²) in [6.07, 6.45) is 5.41. The quantitative estimate of drug-likeness (QED) is 0.412. The van der Waals surface area contributed by atoms with Crippen LogP contribution in [0, 0.1) is 0 Å². The summed E-state index contributed by atoms with van der Waals surface area (Å²) in [5.41, 5.74) is 1.13. The molecule has 0 saturated heterocycles. The van der Waals surface area contributed by atoms with Gasteiger partial charge in [-0.25, -0.2) is 4.79 Å². The second-order valence-electron chi connectivity index (χ2n) is 5.31. The average Bonchev–Trinajstić information content (AvgIpc) is 2.43. The molecule has 1 rings (SSSR count). The number of urea groups is 1. The molecule has 22 heavy (non-hydrogen) atoms. The number of hydrogen-bond donors (Lipinski definition) is 4. The molecule has 0 unspecified atom stereocenters. The van der Waals surface area contributed by atoms with E-state index in [0.717, 1.165) is 12.8 Å². The van der Waals surface area contributed by atoms with Gasteiger partial charge >= 0.3 is 13.6 Å². The van der Waals surface area contributed by atoms with E-state index in [-0.39, 0.29) is 12.2 Å². The largest absolute Gasteiger partial charge is 0.338 e. The van der Waals surface area contributed by atoms with Crippen LogP contribution in [-0.2, 0) is 10.7 Å². The predicted octanol–water partition coefficient (Wildman–Crippen LogP) is 3.46. The molecule has 0 aromatic heterocycles. The van der Waals surface area contributed by atoms with Crippen LogP contribution in [0.5, 0.6) is 0 Å². The number of rotatable bonds is 9. The lowest BCUT2D eigenvalue weighted by molar-refractivity contribution is 0.252. The zero-order valence-corrected chi connectivity index (χ0v) is 13.8. The van der Waals surface area contributed by atoms with E-state index >= 15 is 0 Å². The van der Waals surface area contributed by atoms with Crippen LogP contribution in [0.2, 0.25) is 0 Å². The zero-order valence-electron chi connectivity index (χ0n) is 12.9. The minimum atomic E-state index is -4.06. The van der Waals surface area contributed by atoms with Crippen LogP contribution in [0.15, 0.2) is 24.3 Å². The Balaban J connectivity index is 2.28. The van der Waals surface area contributed by atoms with Crippen LogP contribution in [0.1, 0.15) is 44.6 Å². The summed E-state index contributed by atoms with van der Waals surface area (Å²) in [6.45, 7) is 2.81. The van der Waals surface area contributed by atoms with Crippen LogP contribution in [0.25, 0.3) is 0 Å². The summed E-state index contributed by atoms with van der Waals surface area (Å²) in [5, 5.41) is 5.48. The molecule has 2 amide bonds. The van der Waals surface area contributed by atoms with Crippen LogP contribution < -0.4 is 10.6 Å². The van der Waals surface area contributed by atoms with Crippen LogP contribution in [-0.4, -0.2) is 22.4 Å². The highest BCUT2D eigenvalue weighted by Crippen LogP contribution is 2.39. The van der Waals surface area contributed by atoms with Crippen molar-refractivity contribution in [1.29, 1.82) is 0 Å². The lowest BCUT2D eigenvalue weighted by Crippen LogP contribution is -2.29. The zero-order chi connectivity index (χ0) is 16.4. The summed E-state index contributed by atoms with van der Waals surface area (Å²) in [4.78, 5) is 29.5. The monoisotopic (exact) mass is 328 g/mol. The van der Waals surface area contributed by atoms with Gasteiger partial charge in [0.25, 0.3) is 0 Å². The van der Waals surface area contributed by atoms with Gasteiger partial charge in [0.05, 0.1) is 6.16 Å². The van der Waals surface area contributed by atoms with E-state index in [4.69, 9.17) is 9.79 Å². The van der Waals surface area contributed by atoms with E-state index in [2.05, 4.69) is 17.6 Å². The van der Waals surface area contributed by atoms with Gasteiger partial charge in [-0.15, -0.1) is 0 Å². The molecule has 0 fully saturated rings. The standard InChI is InChI=1S/C15H25N2O4P/c1-2-3-4-5-6-11-16-15(18)17-14-9-7-13(8-10-14)12-22(19,20)21/h7-10H,2-6,11-12H2,1H3,(H2,16,17,18)(H2,19,20,21). The molecule has 0 bridgehead atoms. The van der Waals surface area contributed by atoms with Crippen LogP contribution in [0.4, 0.5) is 10.5 Å². The maximum Gasteiger partial charge on any atom is 0.329 e. The number of nitrogens with one attached hydrogen (secondary N) is 2. The topological polar surface area (TPSA) is 98.7 Å². The first kappa shape index (κ1) is 18.7. The smallest absolute Gasteiger partial charge is 0.329 e. The lowest BCUT2D eigenvalue weighted by atomic mass is 10.1. The van der Waals surface area contributed by atoms with Crippen molar-refractivity contribution in [3.63, 3.8) is 0 Å². The number of hydrogen-bond acceptors (Lipinski definition) is 2. The van der Waals surface area contributed by atoms with Gasteiger partial charge < -0.3 is 20.4 Å². The second kappa shape index (κ2) is 9.62. The molecule has 6 nitrogen and oxygen atoms in total. The van der Waals surface area contributed by atoms with E-state index in [0.29, 0.717) is 17.8 Å². The highest BCUT2D eigenvalue weighted by Gasteiger charge is 2.13. The molecule has 0 radical (unpaired) electrons. The third-order valence-electron chi connectivity index (χ3n) is 3.17. The van der Waals surface area contributed by atoms with E-state index < -0.39 is 7.60 Å². The number of unbranched alkanes of at least 4 members (excludes halogenated alkanes) is 4. The first-order valence-electron chi connectivity index (χ1n) is 7.59. The molecule has 0 atom stereocenters. The fourth-order valence-electron chi connectivity index (χ4n) is 2.04. The second-order valence-corrected chi connectivity index (χ2v) is 6.96. The van der Waals surface area contributed by atoms with Gasteiger partial charge in [-0.2, -0.15) is 0 Å². The molecule has 0 saturated carbocycles. The van der Waals surface area contributed by atoms with Crippen molar-refractivity contribution in [1.82, 2.24) is 5.32 Å². The maximum atomic E-state index is 11.7. The Morgan fingerprint density at radius 2 is 1.73 bits per heavy atom. The normalized spacial score (nSPS) is 11.2. The molecule has 7 heteroatoms. The molecule has 4 N–H and O–H groups in total. The Kier molecular flexibility index (Phi) is 8.17. The number of benzene rings is 1. The van der Waals surface area contributed by atoms with Crippen molar-refractivity contribution in [2.45, 2.75) is 45.2 Å². The molecule has 0 heterocycles. The van der Waals surface area contributed by atoms with Gasteiger partial charge in [-0.1, -0.05) is 44.7 Å². The first-order valence-corrected chi connectivity index (χ1v) is 9.39. The molecule has 1 aromatic rings. The number of anilines is 1. The molecular formula is C15H25N2O4P. The molecule has 0 spiro atoms. The van der Waals surface area contributed by atoms with E-state index in [1.807, 2.05) is 0 Å².